The summed E-state index contributed by atoms with van der Waals surface area (Å²) in [7, 11) is 1.94. The van der Waals surface area contributed by atoms with E-state index in [2.05, 4.69) is 12.1 Å². The molecule has 1 amide bonds. The quantitative estimate of drug-likeness (QED) is 0.622. The number of benzene rings is 2. The molecule has 1 unspecified atom stereocenters. The van der Waals surface area contributed by atoms with Crippen LogP contribution in [0.5, 0.6) is 0 Å². The van der Waals surface area contributed by atoms with Gasteiger partial charge in [-0.2, -0.15) is 0 Å². The van der Waals surface area contributed by atoms with Gasteiger partial charge < -0.3 is 9.47 Å². The van der Waals surface area contributed by atoms with Gasteiger partial charge in [0.2, 0.25) is 0 Å². The Morgan fingerprint density at radius 3 is 2.68 bits per heavy atom. The summed E-state index contributed by atoms with van der Waals surface area (Å²) in [5.74, 6) is 0.100. The van der Waals surface area contributed by atoms with E-state index in [1.807, 2.05) is 59.0 Å². The predicted octanol–water partition coefficient (Wildman–Crippen LogP) is 5.20. The number of nitrogens with zero attached hydrogens (tertiary/aromatic N) is 2. The lowest BCUT2D eigenvalue weighted by atomic mass is 9.95. The maximum Gasteiger partial charge on any atom is 0.271 e. The Bertz CT molecular complexity index is 916. The second-order valence-electron chi connectivity index (χ2n) is 6.71. The molecular formula is C21H21ClN2O. The summed E-state index contributed by atoms with van der Waals surface area (Å²) in [4.78, 5) is 15.4. The van der Waals surface area contributed by atoms with Crippen LogP contribution in [0.2, 0.25) is 5.02 Å². The zero-order valence-electron chi connectivity index (χ0n) is 14.3. The Balaban J connectivity index is 1.72. The number of carbonyl (C=O) groups excluding carboxylic acids is 1. The van der Waals surface area contributed by atoms with Crippen LogP contribution in [-0.4, -0.2) is 21.9 Å². The minimum atomic E-state index is 0.100. The first-order valence-corrected chi connectivity index (χ1v) is 9.14. The van der Waals surface area contributed by atoms with E-state index in [-0.39, 0.29) is 11.9 Å². The number of hydrogen-bond donors (Lipinski definition) is 0. The molecule has 2 heterocycles. The van der Waals surface area contributed by atoms with Crippen LogP contribution < -0.4 is 0 Å². The summed E-state index contributed by atoms with van der Waals surface area (Å²) in [6.07, 6.45) is 3.24. The van der Waals surface area contributed by atoms with Crippen molar-refractivity contribution in [3.05, 3.63) is 70.9 Å². The van der Waals surface area contributed by atoms with E-state index in [9.17, 15) is 4.79 Å². The summed E-state index contributed by atoms with van der Waals surface area (Å²) in [6, 6.07) is 18.2. The van der Waals surface area contributed by atoms with Crippen molar-refractivity contribution in [3.8, 4) is 0 Å². The van der Waals surface area contributed by atoms with Crippen molar-refractivity contribution in [1.82, 2.24) is 9.47 Å². The fourth-order valence-corrected chi connectivity index (χ4v) is 4.02. The number of piperidine rings is 1. The van der Waals surface area contributed by atoms with Crippen molar-refractivity contribution in [3.63, 3.8) is 0 Å². The van der Waals surface area contributed by atoms with Gasteiger partial charge in [-0.3, -0.25) is 4.79 Å². The third-order valence-corrected chi connectivity index (χ3v) is 5.41. The molecule has 0 spiro atoms. The van der Waals surface area contributed by atoms with Crippen LogP contribution in [0.1, 0.15) is 41.4 Å². The third kappa shape index (κ3) is 2.93. The molecule has 3 nitrogen and oxygen atoms in total. The van der Waals surface area contributed by atoms with Gasteiger partial charge in [-0.1, -0.05) is 48.0 Å². The molecule has 128 valence electrons. The van der Waals surface area contributed by atoms with Gasteiger partial charge in [0.15, 0.2) is 0 Å². The average molecular weight is 353 g/mol. The van der Waals surface area contributed by atoms with Gasteiger partial charge in [0.05, 0.1) is 6.04 Å². The molecule has 0 N–H and O–H groups in total. The van der Waals surface area contributed by atoms with Crippen LogP contribution in [-0.2, 0) is 7.05 Å². The molecule has 1 aliphatic rings. The second kappa shape index (κ2) is 6.57. The summed E-state index contributed by atoms with van der Waals surface area (Å²) >= 11 is 6.12. The van der Waals surface area contributed by atoms with Crippen molar-refractivity contribution < 1.29 is 4.79 Å². The fraction of sp³-hybridized carbons (Fsp3) is 0.286. The van der Waals surface area contributed by atoms with Gasteiger partial charge >= 0.3 is 0 Å². The van der Waals surface area contributed by atoms with Crippen LogP contribution in [0.3, 0.4) is 0 Å². The Kier molecular flexibility index (Phi) is 4.26. The highest BCUT2D eigenvalue weighted by Crippen LogP contribution is 2.33. The molecule has 1 atom stereocenters. The molecule has 0 radical (unpaired) electrons. The molecule has 1 saturated heterocycles. The lowest BCUT2D eigenvalue weighted by molar-refractivity contribution is 0.0602. The molecule has 4 heteroatoms. The Morgan fingerprint density at radius 2 is 1.88 bits per heavy atom. The minimum Gasteiger partial charge on any atom is -0.340 e. The third-order valence-electron chi connectivity index (χ3n) is 5.17. The normalized spacial score (nSPS) is 17.8. The second-order valence-corrected chi connectivity index (χ2v) is 7.15. The molecule has 1 aromatic heterocycles. The topological polar surface area (TPSA) is 25.2 Å². The van der Waals surface area contributed by atoms with E-state index in [0.717, 1.165) is 42.4 Å². The van der Waals surface area contributed by atoms with Crippen LogP contribution in [0.4, 0.5) is 0 Å². The number of amides is 1. The molecule has 25 heavy (non-hydrogen) atoms. The predicted molar refractivity (Wildman–Crippen MR) is 102 cm³/mol. The summed E-state index contributed by atoms with van der Waals surface area (Å²) < 4.78 is 1.96. The highest BCUT2D eigenvalue weighted by molar-refractivity contribution is 6.31. The highest BCUT2D eigenvalue weighted by Gasteiger charge is 2.30. The molecular weight excluding hydrogens is 332 g/mol. The molecule has 0 aliphatic carbocycles. The standard InChI is InChI=1S/C21H21ClN2O/c1-23-19-14-17(22)11-10-16(19)13-20(23)21(25)24-12-6-5-9-18(24)15-7-3-2-4-8-15/h2-4,7-8,10-11,13-14,18H,5-6,9,12H2,1H3. The average Bonchev–Trinajstić information content (AvgIpc) is 2.98. The molecule has 0 saturated carbocycles. The van der Waals surface area contributed by atoms with Gasteiger partial charge in [0.25, 0.3) is 5.91 Å². The lowest BCUT2D eigenvalue weighted by Gasteiger charge is -2.36. The maximum absolute atomic E-state index is 13.3. The fourth-order valence-electron chi connectivity index (χ4n) is 3.85. The number of fused-ring (bicyclic) bond motifs is 1. The van der Waals surface area contributed by atoms with Crippen LogP contribution in [0, 0.1) is 0 Å². The van der Waals surface area contributed by atoms with E-state index in [1.54, 1.807) is 0 Å². The first-order chi connectivity index (χ1) is 12.1. The minimum absolute atomic E-state index is 0.100. The first-order valence-electron chi connectivity index (χ1n) is 8.76. The Labute approximate surface area is 152 Å². The first kappa shape index (κ1) is 16.2. The number of carbonyl (C=O) groups is 1. The number of aromatic nitrogens is 1. The zero-order chi connectivity index (χ0) is 17.4. The Morgan fingerprint density at radius 1 is 1.08 bits per heavy atom. The number of halogens is 1. The van der Waals surface area contributed by atoms with Crippen LogP contribution in [0.15, 0.2) is 54.6 Å². The number of hydrogen-bond acceptors (Lipinski definition) is 1. The molecule has 1 aliphatic heterocycles. The van der Waals surface area contributed by atoms with E-state index in [4.69, 9.17) is 11.6 Å². The molecule has 2 aromatic carbocycles. The van der Waals surface area contributed by atoms with E-state index >= 15 is 0 Å². The molecule has 3 aromatic rings. The highest BCUT2D eigenvalue weighted by atomic mass is 35.5. The van der Waals surface area contributed by atoms with Crippen molar-refractivity contribution in [2.75, 3.05) is 6.54 Å². The van der Waals surface area contributed by atoms with E-state index in [1.165, 1.54) is 5.56 Å². The van der Waals surface area contributed by atoms with Gasteiger partial charge in [-0.25, -0.2) is 0 Å². The largest absolute Gasteiger partial charge is 0.340 e. The smallest absolute Gasteiger partial charge is 0.271 e. The zero-order valence-corrected chi connectivity index (χ0v) is 15.0. The van der Waals surface area contributed by atoms with Crippen molar-refractivity contribution >= 4 is 28.4 Å². The van der Waals surface area contributed by atoms with Gasteiger partial charge in [0, 0.05) is 29.5 Å². The van der Waals surface area contributed by atoms with Crippen molar-refractivity contribution in [2.24, 2.45) is 7.05 Å². The molecule has 4 rings (SSSR count). The van der Waals surface area contributed by atoms with Crippen LogP contribution in [0.25, 0.3) is 10.9 Å². The molecule has 0 bridgehead atoms. The van der Waals surface area contributed by atoms with Crippen LogP contribution >= 0.6 is 11.6 Å². The maximum atomic E-state index is 13.3. The SMILES string of the molecule is Cn1c(C(=O)N2CCCCC2c2ccccc2)cc2ccc(Cl)cc21. The van der Waals surface area contributed by atoms with Crippen molar-refractivity contribution in [2.45, 2.75) is 25.3 Å². The monoisotopic (exact) mass is 352 g/mol. The number of rotatable bonds is 2. The number of likely N-dealkylation sites (tertiary alicyclic amines) is 1. The lowest BCUT2D eigenvalue weighted by Crippen LogP contribution is -2.39. The van der Waals surface area contributed by atoms with E-state index < -0.39 is 0 Å². The van der Waals surface area contributed by atoms with Crippen molar-refractivity contribution in [1.29, 1.82) is 0 Å². The number of aryl methyl sites for hydroxylation is 1. The van der Waals surface area contributed by atoms with Gasteiger partial charge in [-0.05, 0) is 43.0 Å². The summed E-state index contributed by atoms with van der Waals surface area (Å²) in [6.45, 7) is 0.806. The van der Waals surface area contributed by atoms with Gasteiger partial charge in [0.1, 0.15) is 5.69 Å². The summed E-state index contributed by atoms with van der Waals surface area (Å²) in [5, 5.41) is 1.73. The Hall–Kier alpha value is -2.26. The van der Waals surface area contributed by atoms with Gasteiger partial charge in [-0.15, -0.1) is 0 Å². The summed E-state index contributed by atoms with van der Waals surface area (Å²) in [5.41, 5.74) is 2.93. The van der Waals surface area contributed by atoms with E-state index in [0.29, 0.717) is 5.02 Å². The molecule has 1 fully saturated rings.